The van der Waals surface area contributed by atoms with Crippen LogP contribution in [0.1, 0.15) is 52.9 Å². The molecule has 2 aliphatic rings. The van der Waals surface area contributed by atoms with Crippen LogP contribution in [-0.2, 0) is 14.3 Å². The van der Waals surface area contributed by atoms with E-state index >= 15 is 0 Å². The van der Waals surface area contributed by atoms with E-state index in [0.717, 1.165) is 32.4 Å². The Kier molecular flexibility index (Phi) is 4.91. The van der Waals surface area contributed by atoms with E-state index in [9.17, 15) is 9.59 Å². The Bertz CT molecular complexity index is 402. The summed E-state index contributed by atoms with van der Waals surface area (Å²) in [6, 6.07) is 0. The van der Waals surface area contributed by atoms with Gasteiger partial charge in [-0.05, 0) is 43.4 Å². The first-order chi connectivity index (χ1) is 9.79. The number of rotatable bonds is 2. The van der Waals surface area contributed by atoms with Gasteiger partial charge in [-0.2, -0.15) is 0 Å². The number of carbonyl (C=O) groups is 2. The van der Waals surface area contributed by atoms with Gasteiger partial charge in [0, 0.05) is 13.1 Å². The van der Waals surface area contributed by atoms with Gasteiger partial charge < -0.3 is 14.7 Å². The number of carbonyl (C=O) groups excluding carboxylic acids is 1. The lowest BCUT2D eigenvalue weighted by molar-refractivity contribution is -0.154. The van der Waals surface area contributed by atoms with Crippen LogP contribution in [0.25, 0.3) is 0 Å². The molecule has 0 radical (unpaired) electrons. The van der Waals surface area contributed by atoms with Crippen molar-refractivity contribution in [3.05, 3.63) is 0 Å². The molecule has 0 aromatic rings. The molecule has 2 fully saturated rings. The predicted molar refractivity (Wildman–Crippen MR) is 78.9 cm³/mol. The van der Waals surface area contributed by atoms with E-state index in [0.29, 0.717) is 18.8 Å². The highest BCUT2D eigenvalue weighted by atomic mass is 16.5. The molecule has 1 amide bonds. The summed E-state index contributed by atoms with van der Waals surface area (Å²) in [5, 5.41) is 8.94. The van der Waals surface area contributed by atoms with E-state index in [2.05, 4.69) is 20.8 Å². The van der Waals surface area contributed by atoms with Crippen LogP contribution in [0, 0.1) is 11.3 Å². The Morgan fingerprint density at radius 1 is 1.05 bits per heavy atom. The third-order valence-corrected chi connectivity index (χ3v) is 4.83. The zero-order chi connectivity index (χ0) is 15.6. The third-order valence-electron chi connectivity index (χ3n) is 4.83. The monoisotopic (exact) mass is 297 g/mol. The van der Waals surface area contributed by atoms with Gasteiger partial charge in [0.1, 0.15) is 6.10 Å². The largest absolute Gasteiger partial charge is 0.479 e. The van der Waals surface area contributed by atoms with E-state index in [1.165, 1.54) is 0 Å². The summed E-state index contributed by atoms with van der Waals surface area (Å²) in [6.45, 7) is 8.30. The number of hydrogen-bond donors (Lipinski definition) is 1. The molecule has 2 aliphatic heterocycles. The summed E-state index contributed by atoms with van der Waals surface area (Å²) in [5.74, 6) is -0.353. The maximum Gasteiger partial charge on any atom is 0.332 e. The summed E-state index contributed by atoms with van der Waals surface area (Å²) in [4.78, 5) is 25.3. The minimum atomic E-state index is -0.964. The van der Waals surface area contributed by atoms with Crippen molar-refractivity contribution in [1.29, 1.82) is 0 Å². The number of aliphatic carboxylic acids is 1. The number of amides is 1. The first kappa shape index (κ1) is 16.3. The number of nitrogens with zero attached hydrogens (tertiary/aromatic N) is 1. The first-order valence-corrected chi connectivity index (χ1v) is 7.96. The fourth-order valence-corrected chi connectivity index (χ4v) is 3.39. The molecule has 0 aromatic heterocycles. The van der Waals surface area contributed by atoms with Crippen LogP contribution in [-0.4, -0.2) is 47.2 Å². The summed E-state index contributed by atoms with van der Waals surface area (Å²) in [7, 11) is 0. The van der Waals surface area contributed by atoms with Crippen molar-refractivity contribution in [2.75, 3.05) is 13.1 Å². The number of hydrogen-bond acceptors (Lipinski definition) is 3. The van der Waals surface area contributed by atoms with Crippen LogP contribution in [0.3, 0.4) is 0 Å². The topological polar surface area (TPSA) is 66.8 Å². The molecular formula is C16H27NO4. The average molecular weight is 297 g/mol. The first-order valence-electron chi connectivity index (χ1n) is 7.96. The maximum atomic E-state index is 12.5. The minimum Gasteiger partial charge on any atom is -0.479 e. The van der Waals surface area contributed by atoms with Gasteiger partial charge in [0.05, 0.1) is 0 Å². The van der Waals surface area contributed by atoms with E-state index in [-0.39, 0.29) is 11.3 Å². The molecule has 5 nitrogen and oxygen atoms in total. The normalized spacial score (nSPS) is 31.0. The molecular weight excluding hydrogens is 270 g/mol. The van der Waals surface area contributed by atoms with Crippen molar-refractivity contribution >= 4 is 11.9 Å². The SMILES string of the molecule is CC(C)(C)C1CCCN(C(=O)[C@@H]2CC[C@H](C(=O)O)O2)CC1. The zero-order valence-corrected chi connectivity index (χ0v) is 13.3. The van der Waals surface area contributed by atoms with E-state index in [1.807, 2.05) is 4.90 Å². The molecule has 0 spiro atoms. The molecule has 0 bridgehead atoms. The number of ether oxygens (including phenoxy) is 1. The Hall–Kier alpha value is -1.10. The van der Waals surface area contributed by atoms with Gasteiger partial charge in [-0.1, -0.05) is 20.8 Å². The lowest BCUT2D eigenvalue weighted by Crippen LogP contribution is -2.40. The Morgan fingerprint density at radius 2 is 1.71 bits per heavy atom. The number of carboxylic acids is 1. The Labute approximate surface area is 126 Å². The molecule has 1 unspecified atom stereocenters. The van der Waals surface area contributed by atoms with Crippen LogP contribution >= 0.6 is 0 Å². The molecule has 0 aliphatic carbocycles. The fraction of sp³-hybridized carbons (Fsp3) is 0.875. The fourth-order valence-electron chi connectivity index (χ4n) is 3.39. The molecule has 2 rings (SSSR count). The van der Waals surface area contributed by atoms with Crippen LogP contribution in [0.4, 0.5) is 0 Å². The Balaban J connectivity index is 1.91. The van der Waals surface area contributed by atoms with Gasteiger partial charge in [0.25, 0.3) is 5.91 Å². The average Bonchev–Trinajstić information content (AvgIpc) is 2.74. The van der Waals surface area contributed by atoms with Crippen molar-refractivity contribution in [1.82, 2.24) is 4.90 Å². The van der Waals surface area contributed by atoms with Gasteiger partial charge in [-0.25, -0.2) is 4.79 Å². The van der Waals surface area contributed by atoms with Gasteiger partial charge >= 0.3 is 5.97 Å². The van der Waals surface area contributed by atoms with Crippen molar-refractivity contribution in [2.45, 2.75) is 65.1 Å². The molecule has 2 heterocycles. The van der Waals surface area contributed by atoms with Crippen molar-refractivity contribution in [3.8, 4) is 0 Å². The molecule has 21 heavy (non-hydrogen) atoms. The molecule has 1 N–H and O–H groups in total. The van der Waals surface area contributed by atoms with Crippen molar-refractivity contribution < 1.29 is 19.4 Å². The number of carboxylic acid groups (broad SMARTS) is 1. The molecule has 3 atom stereocenters. The van der Waals surface area contributed by atoms with Crippen LogP contribution in [0.2, 0.25) is 0 Å². The standard InChI is InChI=1S/C16H27NO4/c1-16(2,3)11-5-4-9-17(10-8-11)14(18)12-6-7-13(21-12)15(19)20/h11-13H,4-10H2,1-3H3,(H,19,20)/t11?,12-,13+/m0/s1. The van der Waals surface area contributed by atoms with Crippen LogP contribution in [0.15, 0.2) is 0 Å². The highest BCUT2D eigenvalue weighted by Crippen LogP contribution is 2.34. The van der Waals surface area contributed by atoms with Gasteiger partial charge in [0.15, 0.2) is 6.10 Å². The van der Waals surface area contributed by atoms with Gasteiger partial charge in [-0.3, -0.25) is 4.79 Å². The summed E-state index contributed by atoms with van der Waals surface area (Å²) in [6.07, 6.45) is 2.77. The van der Waals surface area contributed by atoms with E-state index in [4.69, 9.17) is 9.84 Å². The minimum absolute atomic E-state index is 0.0201. The second kappa shape index (κ2) is 6.34. The van der Waals surface area contributed by atoms with Crippen LogP contribution < -0.4 is 0 Å². The molecule has 2 saturated heterocycles. The summed E-state index contributed by atoms with van der Waals surface area (Å²) >= 11 is 0. The van der Waals surface area contributed by atoms with Crippen molar-refractivity contribution in [2.24, 2.45) is 11.3 Å². The second-order valence-corrected chi connectivity index (χ2v) is 7.35. The van der Waals surface area contributed by atoms with E-state index < -0.39 is 18.2 Å². The van der Waals surface area contributed by atoms with Gasteiger partial charge in [-0.15, -0.1) is 0 Å². The smallest absolute Gasteiger partial charge is 0.332 e. The molecule has 0 saturated carbocycles. The highest BCUT2D eigenvalue weighted by Gasteiger charge is 2.37. The Morgan fingerprint density at radius 3 is 2.29 bits per heavy atom. The lowest BCUT2D eigenvalue weighted by Gasteiger charge is -2.30. The molecule has 5 heteroatoms. The maximum absolute atomic E-state index is 12.5. The molecule has 120 valence electrons. The number of likely N-dealkylation sites (tertiary alicyclic amines) is 1. The molecule has 0 aromatic carbocycles. The lowest BCUT2D eigenvalue weighted by atomic mass is 9.77. The van der Waals surface area contributed by atoms with Gasteiger partial charge in [0.2, 0.25) is 0 Å². The second-order valence-electron chi connectivity index (χ2n) is 7.35. The summed E-state index contributed by atoms with van der Waals surface area (Å²) < 4.78 is 5.38. The van der Waals surface area contributed by atoms with Crippen molar-refractivity contribution in [3.63, 3.8) is 0 Å². The summed E-state index contributed by atoms with van der Waals surface area (Å²) in [5.41, 5.74) is 0.275. The quantitative estimate of drug-likeness (QED) is 0.849. The highest BCUT2D eigenvalue weighted by molar-refractivity contribution is 5.82. The zero-order valence-electron chi connectivity index (χ0n) is 13.3. The third kappa shape index (κ3) is 3.96. The predicted octanol–water partition coefficient (Wildman–Crippen LogP) is 2.29. The van der Waals surface area contributed by atoms with Crippen LogP contribution in [0.5, 0.6) is 0 Å². The van der Waals surface area contributed by atoms with E-state index in [1.54, 1.807) is 0 Å².